The van der Waals surface area contributed by atoms with Crippen LogP contribution in [-0.4, -0.2) is 37.6 Å². The minimum Gasteiger partial charge on any atom is -0.308 e. The topological polar surface area (TPSA) is 15.3 Å². The quantitative estimate of drug-likeness (QED) is 0.648. The Hall–Kier alpha value is -0.600. The second kappa shape index (κ2) is 4.07. The first-order valence-corrected chi connectivity index (χ1v) is 5.14. The highest BCUT2D eigenvalue weighted by Gasteiger charge is 2.19. The Balaban J connectivity index is 1.98. The highest BCUT2D eigenvalue weighted by molar-refractivity contribution is 5.23. The van der Waals surface area contributed by atoms with Crippen molar-refractivity contribution in [1.82, 2.24) is 10.2 Å². The first-order valence-electron chi connectivity index (χ1n) is 5.14. The average Bonchev–Trinajstić information content (AvgIpc) is 2.19. The Bertz CT molecular complexity index is 230. The van der Waals surface area contributed by atoms with E-state index in [1.165, 1.54) is 25.9 Å². The third-order valence-corrected chi connectivity index (χ3v) is 2.87. The molecule has 0 aromatic heterocycles. The highest BCUT2D eigenvalue weighted by atomic mass is 15.2. The largest absolute Gasteiger partial charge is 0.308 e. The fourth-order valence-corrected chi connectivity index (χ4v) is 2.06. The van der Waals surface area contributed by atoms with Crippen molar-refractivity contribution in [3.05, 3.63) is 23.8 Å². The van der Waals surface area contributed by atoms with Crippen molar-refractivity contribution in [2.75, 3.05) is 26.7 Å². The molecule has 0 saturated carbocycles. The molecule has 13 heavy (non-hydrogen) atoms. The molecule has 0 radical (unpaired) electrons. The highest BCUT2D eigenvalue weighted by Crippen LogP contribution is 2.17. The van der Waals surface area contributed by atoms with E-state index < -0.39 is 0 Å². The van der Waals surface area contributed by atoms with Crippen molar-refractivity contribution in [1.29, 1.82) is 0 Å². The number of hydrogen-bond acceptors (Lipinski definition) is 2. The number of nitrogens with one attached hydrogen (secondary N) is 1. The molecule has 2 aliphatic rings. The van der Waals surface area contributed by atoms with Gasteiger partial charge in [0.05, 0.1) is 0 Å². The van der Waals surface area contributed by atoms with Crippen molar-refractivity contribution < 1.29 is 0 Å². The molecule has 1 atom stereocenters. The summed E-state index contributed by atoms with van der Waals surface area (Å²) in [6.45, 7) is 3.47. The van der Waals surface area contributed by atoms with Gasteiger partial charge in [0.25, 0.3) is 0 Å². The maximum absolute atomic E-state index is 3.58. The molecule has 0 bridgehead atoms. The molecule has 1 saturated heterocycles. The molecule has 1 aliphatic carbocycles. The summed E-state index contributed by atoms with van der Waals surface area (Å²) in [5, 5.41) is 3.58. The van der Waals surface area contributed by atoms with Gasteiger partial charge in [-0.1, -0.05) is 23.8 Å². The lowest BCUT2D eigenvalue weighted by Crippen LogP contribution is -2.49. The molecule has 0 unspecified atom stereocenters. The lowest BCUT2D eigenvalue weighted by molar-refractivity contribution is 0.253. The summed E-state index contributed by atoms with van der Waals surface area (Å²) in [7, 11) is 2.20. The minimum absolute atomic E-state index is 0.601. The molecule has 1 aliphatic heterocycles. The van der Waals surface area contributed by atoms with Gasteiger partial charge in [-0.2, -0.15) is 0 Å². The zero-order valence-corrected chi connectivity index (χ0v) is 8.29. The van der Waals surface area contributed by atoms with Crippen LogP contribution in [0.15, 0.2) is 23.8 Å². The zero-order chi connectivity index (χ0) is 9.10. The molecule has 1 fully saturated rings. The van der Waals surface area contributed by atoms with E-state index in [1.54, 1.807) is 5.57 Å². The third-order valence-electron chi connectivity index (χ3n) is 2.87. The fourth-order valence-electron chi connectivity index (χ4n) is 2.06. The van der Waals surface area contributed by atoms with E-state index in [4.69, 9.17) is 0 Å². The number of allylic oxidation sites excluding steroid dienone is 3. The van der Waals surface area contributed by atoms with Crippen LogP contribution in [0.5, 0.6) is 0 Å². The van der Waals surface area contributed by atoms with Gasteiger partial charge in [0, 0.05) is 25.7 Å². The maximum atomic E-state index is 3.58. The third kappa shape index (κ3) is 2.20. The number of rotatable bonds is 1. The molecule has 72 valence electrons. The van der Waals surface area contributed by atoms with Gasteiger partial charge in [-0.15, -0.1) is 0 Å². The summed E-state index contributed by atoms with van der Waals surface area (Å²) in [6.07, 6.45) is 9.17. The monoisotopic (exact) mass is 178 g/mol. The van der Waals surface area contributed by atoms with Crippen LogP contribution in [-0.2, 0) is 0 Å². The summed E-state index contributed by atoms with van der Waals surface area (Å²) in [5.74, 6) is 0. The molecular formula is C11H18N2. The Morgan fingerprint density at radius 1 is 1.54 bits per heavy atom. The molecule has 1 heterocycles. The molecule has 0 aromatic rings. The van der Waals surface area contributed by atoms with Gasteiger partial charge in [0.15, 0.2) is 0 Å². The molecule has 0 amide bonds. The van der Waals surface area contributed by atoms with Crippen molar-refractivity contribution in [3.63, 3.8) is 0 Å². The second-order valence-corrected chi connectivity index (χ2v) is 3.98. The van der Waals surface area contributed by atoms with Gasteiger partial charge in [0.2, 0.25) is 0 Å². The van der Waals surface area contributed by atoms with Crippen molar-refractivity contribution in [2.24, 2.45) is 0 Å². The van der Waals surface area contributed by atoms with Crippen LogP contribution in [0.1, 0.15) is 12.8 Å². The Labute approximate surface area is 80.3 Å². The van der Waals surface area contributed by atoms with Gasteiger partial charge < -0.3 is 10.2 Å². The Morgan fingerprint density at radius 3 is 3.15 bits per heavy atom. The van der Waals surface area contributed by atoms with Crippen LogP contribution in [0.2, 0.25) is 0 Å². The summed E-state index contributed by atoms with van der Waals surface area (Å²) in [5.41, 5.74) is 1.58. The second-order valence-electron chi connectivity index (χ2n) is 3.98. The molecule has 0 spiro atoms. The van der Waals surface area contributed by atoms with Gasteiger partial charge >= 0.3 is 0 Å². The normalized spacial score (nSPS) is 30.2. The van der Waals surface area contributed by atoms with Gasteiger partial charge in [0.1, 0.15) is 0 Å². The predicted octanol–water partition coefficient (Wildman–Crippen LogP) is 1.17. The standard InChI is InChI=1S/C11H18N2/c1-13-8-7-12-11(9-13)10-5-3-2-4-6-10/h2-3,5,11-12H,4,6-9H2,1H3/t11-/m0/s1. The van der Waals surface area contributed by atoms with E-state index in [2.05, 4.69) is 35.5 Å². The Kier molecular flexibility index (Phi) is 2.81. The van der Waals surface area contributed by atoms with E-state index >= 15 is 0 Å². The molecular weight excluding hydrogens is 160 g/mol. The fraction of sp³-hybridized carbons (Fsp3) is 0.636. The number of likely N-dealkylation sites (N-methyl/N-ethyl adjacent to an activating group) is 1. The summed E-state index contributed by atoms with van der Waals surface area (Å²) >= 11 is 0. The first kappa shape index (κ1) is 8.97. The molecule has 2 heteroatoms. The summed E-state index contributed by atoms with van der Waals surface area (Å²) in [4.78, 5) is 2.40. The van der Waals surface area contributed by atoms with Crippen LogP contribution < -0.4 is 5.32 Å². The summed E-state index contributed by atoms with van der Waals surface area (Å²) < 4.78 is 0. The maximum Gasteiger partial charge on any atom is 0.0411 e. The van der Waals surface area contributed by atoms with Crippen LogP contribution in [0.3, 0.4) is 0 Å². The number of piperazine rings is 1. The average molecular weight is 178 g/mol. The van der Waals surface area contributed by atoms with E-state index in [0.717, 1.165) is 6.54 Å². The Morgan fingerprint density at radius 2 is 2.46 bits per heavy atom. The lowest BCUT2D eigenvalue weighted by atomic mass is 9.96. The molecule has 2 nitrogen and oxygen atoms in total. The van der Waals surface area contributed by atoms with Crippen molar-refractivity contribution in [3.8, 4) is 0 Å². The summed E-state index contributed by atoms with van der Waals surface area (Å²) in [6, 6.07) is 0.601. The first-order chi connectivity index (χ1) is 6.36. The minimum atomic E-state index is 0.601. The lowest BCUT2D eigenvalue weighted by Gasteiger charge is -2.33. The van der Waals surface area contributed by atoms with Crippen LogP contribution in [0.4, 0.5) is 0 Å². The van der Waals surface area contributed by atoms with Crippen molar-refractivity contribution >= 4 is 0 Å². The van der Waals surface area contributed by atoms with Crippen LogP contribution >= 0.6 is 0 Å². The van der Waals surface area contributed by atoms with E-state index in [-0.39, 0.29) is 0 Å². The number of nitrogens with zero attached hydrogens (tertiary/aromatic N) is 1. The van der Waals surface area contributed by atoms with E-state index in [1.807, 2.05) is 0 Å². The molecule has 1 N–H and O–H groups in total. The predicted molar refractivity (Wildman–Crippen MR) is 55.7 cm³/mol. The van der Waals surface area contributed by atoms with E-state index in [9.17, 15) is 0 Å². The van der Waals surface area contributed by atoms with Crippen molar-refractivity contribution in [2.45, 2.75) is 18.9 Å². The van der Waals surface area contributed by atoms with Gasteiger partial charge in [-0.3, -0.25) is 0 Å². The molecule has 2 rings (SSSR count). The number of hydrogen-bond donors (Lipinski definition) is 1. The van der Waals surface area contributed by atoms with Crippen LogP contribution in [0.25, 0.3) is 0 Å². The zero-order valence-electron chi connectivity index (χ0n) is 8.29. The molecule has 0 aromatic carbocycles. The SMILES string of the molecule is CN1CCN[C@H](C2=CC=CCC2)C1. The van der Waals surface area contributed by atoms with Crippen LogP contribution in [0, 0.1) is 0 Å². The van der Waals surface area contributed by atoms with E-state index in [0.29, 0.717) is 6.04 Å². The smallest absolute Gasteiger partial charge is 0.0411 e. The van der Waals surface area contributed by atoms with Gasteiger partial charge in [-0.05, 0) is 19.9 Å². The van der Waals surface area contributed by atoms with Gasteiger partial charge in [-0.25, -0.2) is 0 Å².